The Morgan fingerprint density at radius 1 is 1.23 bits per heavy atom. The van der Waals surface area contributed by atoms with Gasteiger partial charge in [0.2, 0.25) is 0 Å². The Morgan fingerprint density at radius 2 is 2.09 bits per heavy atom. The molecule has 0 unspecified atom stereocenters. The summed E-state index contributed by atoms with van der Waals surface area (Å²) < 4.78 is 5.31. The second-order valence-electron chi connectivity index (χ2n) is 4.92. The summed E-state index contributed by atoms with van der Waals surface area (Å²) in [6, 6.07) is 13.3. The molecule has 0 aliphatic carbocycles. The van der Waals surface area contributed by atoms with Gasteiger partial charge in [0.15, 0.2) is 0 Å². The minimum Gasteiger partial charge on any atom is -0.496 e. The van der Waals surface area contributed by atoms with E-state index in [9.17, 15) is 4.79 Å². The lowest BCUT2D eigenvalue weighted by Crippen LogP contribution is -2.26. The number of nitrogens with zero attached hydrogens (tertiary/aromatic N) is 1. The Labute approximate surface area is 128 Å². The average molecular weight is 295 g/mol. The van der Waals surface area contributed by atoms with Crippen LogP contribution < -0.4 is 10.1 Å². The van der Waals surface area contributed by atoms with Crippen LogP contribution in [0.25, 0.3) is 11.0 Å². The molecule has 112 valence electrons. The van der Waals surface area contributed by atoms with Crippen molar-refractivity contribution in [2.24, 2.45) is 0 Å². The van der Waals surface area contributed by atoms with E-state index in [1.807, 2.05) is 36.4 Å². The van der Waals surface area contributed by atoms with E-state index in [1.165, 1.54) is 0 Å². The van der Waals surface area contributed by atoms with Gasteiger partial charge in [-0.3, -0.25) is 4.79 Å². The van der Waals surface area contributed by atoms with Crippen molar-refractivity contribution in [2.45, 2.75) is 6.42 Å². The molecule has 22 heavy (non-hydrogen) atoms. The first-order chi connectivity index (χ1) is 10.8. The van der Waals surface area contributed by atoms with Crippen molar-refractivity contribution in [1.29, 1.82) is 0 Å². The molecular formula is C17H17N3O2. The molecule has 2 aromatic carbocycles. The van der Waals surface area contributed by atoms with E-state index in [2.05, 4.69) is 15.3 Å². The molecule has 0 saturated carbocycles. The number of imidazole rings is 1. The van der Waals surface area contributed by atoms with Crippen molar-refractivity contribution in [1.82, 2.24) is 15.3 Å². The van der Waals surface area contributed by atoms with Gasteiger partial charge in [-0.2, -0.15) is 0 Å². The van der Waals surface area contributed by atoms with Crippen molar-refractivity contribution < 1.29 is 9.53 Å². The fourth-order valence-electron chi connectivity index (χ4n) is 2.46. The largest absolute Gasteiger partial charge is 0.496 e. The minimum absolute atomic E-state index is 0.118. The molecule has 3 rings (SSSR count). The fourth-order valence-corrected chi connectivity index (χ4v) is 2.46. The number of nitrogens with one attached hydrogen (secondary N) is 2. The van der Waals surface area contributed by atoms with Crippen LogP contribution in [0, 0.1) is 0 Å². The summed E-state index contributed by atoms with van der Waals surface area (Å²) in [7, 11) is 1.65. The van der Waals surface area contributed by atoms with Crippen LogP contribution in [-0.2, 0) is 6.42 Å². The smallest absolute Gasteiger partial charge is 0.253 e. The highest BCUT2D eigenvalue weighted by atomic mass is 16.5. The molecule has 1 aromatic heterocycles. The quantitative estimate of drug-likeness (QED) is 0.760. The number of fused-ring (bicyclic) bond motifs is 1. The molecular weight excluding hydrogens is 278 g/mol. The number of aromatic amines is 1. The number of hydrogen-bond acceptors (Lipinski definition) is 3. The van der Waals surface area contributed by atoms with E-state index in [1.54, 1.807) is 19.5 Å². The van der Waals surface area contributed by atoms with E-state index in [4.69, 9.17) is 4.74 Å². The Kier molecular flexibility index (Phi) is 4.05. The van der Waals surface area contributed by atoms with E-state index in [0.717, 1.165) is 16.8 Å². The van der Waals surface area contributed by atoms with Crippen LogP contribution in [0.3, 0.4) is 0 Å². The summed E-state index contributed by atoms with van der Waals surface area (Å²) in [5, 5.41) is 2.93. The number of methoxy groups -OCH3 is 1. The molecule has 5 nitrogen and oxygen atoms in total. The Bertz CT molecular complexity index is 795. The van der Waals surface area contributed by atoms with E-state index >= 15 is 0 Å². The molecule has 0 bridgehead atoms. The number of para-hydroxylation sites is 2. The molecule has 0 aliphatic rings. The van der Waals surface area contributed by atoms with E-state index < -0.39 is 0 Å². The van der Waals surface area contributed by atoms with Gasteiger partial charge in [-0.1, -0.05) is 24.3 Å². The van der Waals surface area contributed by atoms with Crippen molar-refractivity contribution in [2.75, 3.05) is 13.7 Å². The third kappa shape index (κ3) is 2.79. The summed E-state index contributed by atoms with van der Waals surface area (Å²) in [5.41, 5.74) is 3.21. The van der Waals surface area contributed by atoms with Gasteiger partial charge in [0.05, 0.1) is 24.5 Å². The second kappa shape index (κ2) is 6.30. The zero-order chi connectivity index (χ0) is 15.4. The lowest BCUT2D eigenvalue weighted by molar-refractivity contribution is 0.0955. The number of benzene rings is 2. The molecule has 0 atom stereocenters. The summed E-state index contributed by atoms with van der Waals surface area (Å²) in [6.07, 6.45) is 2.31. The molecule has 1 amide bonds. The molecule has 0 radical (unpaired) electrons. The summed E-state index contributed by atoms with van der Waals surface area (Å²) in [6.45, 7) is 0.542. The number of hydrogen-bond donors (Lipinski definition) is 2. The Balaban J connectivity index is 1.67. The zero-order valence-corrected chi connectivity index (χ0v) is 12.3. The van der Waals surface area contributed by atoms with Crippen molar-refractivity contribution in [3.8, 4) is 5.75 Å². The molecule has 0 spiro atoms. The number of H-pyrrole nitrogens is 1. The van der Waals surface area contributed by atoms with Gasteiger partial charge in [-0.05, 0) is 30.2 Å². The number of aromatic nitrogens is 2. The van der Waals surface area contributed by atoms with Gasteiger partial charge in [0, 0.05) is 6.54 Å². The van der Waals surface area contributed by atoms with Crippen LogP contribution >= 0.6 is 0 Å². The molecule has 1 heterocycles. The molecule has 0 fully saturated rings. The van der Waals surface area contributed by atoms with Crippen LogP contribution in [0.1, 0.15) is 15.9 Å². The van der Waals surface area contributed by atoms with Gasteiger partial charge >= 0.3 is 0 Å². The van der Waals surface area contributed by atoms with Crippen LogP contribution in [0.5, 0.6) is 5.75 Å². The molecule has 5 heteroatoms. The maximum atomic E-state index is 12.3. The fraction of sp³-hybridized carbons (Fsp3) is 0.176. The van der Waals surface area contributed by atoms with Crippen LogP contribution in [0.4, 0.5) is 0 Å². The van der Waals surface area contributed by atoms with Crippen LogP contribution in [-0.4, -0.2) is 29.5 Å². The predicted molar refractivity (Wildman–Crippen MR) is 85.1 cm³/mol. The zero-order valence-electron chi connectivity index (χ0n) is 12.3. The molecule has 0 aliphatic heterocycles. The summed E-state index contributed by atoms with van der Waals surface area (Å²) >= 11 is 0. The van der Waals surface area contributed by atoms with Crippen molar-refractivity contribution >= 4 is 16.9 Å². The lowest BCUT2D eigenvalue weighted by Gasteiger charge is -2.09. The maximum absolute atomic E-state index is 12.3. The number of carbonyl (C=O) groups is 1. The van der Waals surface area contributed by atoms with E-state index in [-0.39, 0.29) is 5.91 Å². The monoisotopic (exact) mass is 295 g/mol. The van der Waals surface area contributed by atoms with Crippen LogP contribution in [0.2, 0.25) is 0 Å². The SMILES string of the molecule is COc1ccccc1CCNC(=O)c1cccc2[nH]cnc12. The lowest BCUT2D eigenvalue weighted by atomic mass is 10.1. The topological polar surface area (TPSA) is 67.0 Å². The first kappa shape index (κ1) is 14.1. The standard InChI is InChI=1S/C17H17N3O2/c1-22-15-8-3-2-5-12(15)9-10-18-17(21)13-6-4-7-14-16(13)20-11-19-14/h2-8,11H,9-10H2,1H3,(H,18,21)(H,19,20). The third-order valence-electron chi connectivity index (χ3n) is 3.57. The average Bonchev–Trinajstić information content (AvgIpc) is 3.03. The summed E-state index contributed by atoms with van der Waals surface area (Å²) in [5.74, 6) is 0.721. The van der Waals surface area contributed by atoms with Gasteiger partial charge in [0.25, 0.3) is 5.91 Å². The van der Waals surface area contributed by atoms with Gasteiger partial charge in [-0.15, -0.1) is 0 Å². The van der Waals surface area contributed by atoms with Gasteiger partial charge in [0.1, 0.15) is 11.3 Å². The summed E-state index contributed by atoms with van der Waals surface area (Å²) in [4.78, 5) is 19.5. The Hall–Kier alpha value is -2.82. The highest BCUT2D eigenvalue weighted by Crippen LogP contribution is 2.17. The highest BCUT2D eigenvalue weighted by Gasteiger charge is 2.11. The number of rotatable bonds is 5. The maximum Gasteiger partial charge on any atom is 0.253 e. The number of amides is 1. The van der Waals surface area contributed by atoms with Crippen molar-refractivity contribution in [3.63, 3.8) is 0 Å². The third-order valence-corrected chi connectivity index (χ3v) is 3.57. The Morgan fingerprint density at radius 3 is 2.95 bits per heavy atom. The normalized spacial score (nSPS) is 10.6. The minimum atomic E-state index is -0.118. The highest BCUT2D eigenvalue weighted by molar-refractivity contribution is 6.04. The van der Waals surface area contributed by atoms with Crippen LogP contribution in [0.15, 0.2) is 48.8 Å². The first-order valence-electron chi connectivity index (χ1n) is 7.12. The second-order valence-corrected chi connectivity index (χ2v) is 4.92. The van der Waals surface area contributed by atoms with Gasteiger partial charge < -0.3 is 15.0 Å². The van der Waals surface area contributed by atoms with E-state index in [0.29, 0.717) is 24.0 Å². The predicted octanol–water partition coefficient (Wildman–Crippen LogP) is 2.54. The molecule has 2 N–H and O–H groups in total. The molecule has 0 saturated heterocycles. The molecule has 3 aromatic rings. The number of carbonyl (C=O) groups excluding carboxylic acids is 1. The van der Waals surface area contributed by atoms with Gasteiger partial charge in [-0.25, -0.2) is 4.98 Å². The van der Waals surface area contributed by atoms with Crippen molar-refractivity contribution in [3.05, 3.63) is 59.9 Å². The number of ether oxygens (including phenoxy) is 1. The first-order valence-corrected chi connectivity index (χ1v) is 7.12.